The Morgan fingerprint density at radius 2 is 1.97 bits per heavy atom. The van der Waals surface area contributed by atoms with Crippen LogP contribution in [-0.2, 0) is 25.7 Å². The van der Waals surface area contributed by atoms with Crippen LogP contribution in [0.2, 0.25) is 0 Å². The highest BCUT2D eigenvalue weighted by Crippen LogP contribution is 2.68. The molecule has 1 aromatic carbocycles. The van der Waals surface area contributed by atoms with Gasteiger partial charge in [0.1, 0.15) is 6.04 Å². The monoisotopic (exact) mass is 540 g/mol. The Morgan fingerprint density at radius 1 is 1.21 bits per heavy atom. The molecule has 0 aromatic heterocycles. The van der Waals surface area contributed by atoms with Crippen molar-refractivity contribution >= 4 is 29.5 Å². The number of amides is 2. The van der Waals surface area contributed by atoms with E-state index in [2.05, 4.69) is 20.1 Å². The SMILES string of the molecule is C=CCCCCOC(=O)[C@@H]1[C@@H]2CC(C)C3(S2)C(C(=O)N(CC=C)Cc2ccccc2)N(CCCO)C(=O)[C@H]13. The Bertz CT molecular complexity index is 1030. The minimum atomic E-state index is -0.703. The molecular weight excluding hydrogens is 500 g/mol. The van der Waals surface area contributed by atoms with Crippen LogP contribution in [0.25, 0.3) is 0 Å². The number of hydrogen-bond donors (Lipinski definition) is 1. The smallest absolute Gasteiger partial charge is 0.310 e. The van der Waals surface area contributed by atoms with Crippen LogP contribution in [0.1, 0.15) is 44.6 Å². The fourth-order valence-electron chi connectivity index (χ4n) is 6.57. The number of ether oxygens (including phenoxy) is 1. The van der Waals surface area contributed by atoms with E-state index in [1.54, 1.807) is 27.6 Å². The molecule has 7 nitrogen and oxygen atoms in total. The van der Waals surface area contributed by atoms with Gasteiger partial charge >= 0.3 is 5.97 Å². The van der Waals surface area contributed by atoms with Crippen LogP contribution in [0.5, 0.6) is 0 Å². The van der Waals surface area contributed by atoms with Gasteiger partial charge in [-0.2, -0.15) is 0 Å². The van der Waals surface area contributed by atoms with E-state index in [9.17, 15) is 19.5 Å². The molecule has 3 heterocycles. The van der Waals surface area contributed by atoms with E-state index in [0.29, 0.717) is 26.1 Å². The number of rotatable bonds is 14. The number of benzene rings is 1. The third-order valence-electron chi connectivity index (χ3n) is 8.23. The molecule has 2 bridgehead atoms. The van der Waals surface area contributed by atoms with Crippen molar-refractivity contribution in [3.63, 3.8) is 0 Å². The normalized spacial score (nSPS) is 29.3. The molecule has 0 radical (unpaired) electrons. The quantitative estimate of drug-likeness (QED) is 0.219. The van der Waals surface area contributed by atoms with Crippen molar-refractivity contribution in [1.29, 1.82) is 0 Å². The van der Waals surface area contributed by atoms with Crippen molar-refractivity contribution in [2.45, 2.75) is 61.6 Å². The Kier molecular flexibility index (Phi) is 9.36. The lowest BCUT2D eigenvalue weighted by Gasteiger charge is -2.40. The van der Waals surface area contributed by atoms with Crippen LogP contribution < -0.4 is 0 Å². The van der Waals surface area contributed by atoms with Gasteiger partial charge in [0.2, 0.25) is 11.8 Å². The molecule has 8 heteroatoms. The molecule has 0 saturated carbocycles. The molecule has 206 valence electrons. The van der Waals surface area contributed by atoms with Crippen molar-refractivity contribution < 1.29 is 24.2 Å². The number of aliphatic hydroxyl groups is 1. The second kappa shape index (κ2) is 12.5. The fraction of sp³-hybridized carbons (Fsp3) is 0.567. The standard InChI is InChI=1S/C30H40N2O5S/c1-4-6-7-11-18-37-29(36)24-23-19-21(3)30(38-23)25(24)27(34)32(16-12-17-33)26(30)28(35)31(15-5-2)20-22-13-9-8-10-14-22/h4-5,8-10,13-14,21,23-26,33H,1-2,6-7,11-12,15-20H2,3H3/t21?,23-,24+,25-,26?,30?/m0/s1. The van der Waals surface area contributed by atoms with Crippen molar-refractivity contribution in [1.82, 2.24) is 9.80 Å². The molecular formula is C30H40N2O5S. The van der Waals surface area contributed by atoms with Crippen LogP contribution in [0.4, 0.5) is 0 Å². The summed E-state index contributed by atoms with van der Waals surface area (Å²) in [6.07, 6.45) is 7.22. The van der Waals surface area contributed by atoms with Gasteiger partial charge in [-0.15, -0.1) is 24.9 Å². The first-order chi connectivity index (χ1) is 18.4. The number of unbranched alkanes of at least 4 members (excludes halogenated alkanes) is 2. The van der Waals surface area contributed by atoms with E-state index in [-0.39, 0.29) is 42.1 Å². The van der Waals surface area contributed by atoms with Crippen LogP contribution in [-0.4, -0.2) is 75.0 Å². The summed E-state index contributed by atoms with van der Waals surface area (Å²) >= 11 is 1.65. The summed E-state index contributed by atoms with van der Waals surface area (Å²) in [7, 11) is 0. The summed E-state index contributed by atoms with van der Waals surface area (Å²) in [5, 5.41) is 9.53. The highest BCUT2D eigenvalue weighted by molar-refractivity contribution is 8.02. The number of allylic oxidation sites excluding steroid dienone is 1. The van der Waals surface area contributed by atoms with E-state index in [1.807, 2.05) is 36.4 Å². The maximum atomic E-state index is 14.4. The Balaban J connectivity index is 1.64. The molecule has 0 aliphatic carbocycles. The number of thioether (sulfide) groups is 1. The predicted molar refractivity (Wildman–Crippen MR) is 149 cm³/mol. The number of carbonyl (C=O) groups excluding carboxylic acids is 3. The summed E-state index contributed by atoms with van der Waals surface area (Å²) in [4.78, 5) is 45.2. The number of esters is 1. The second-order valence-corrected chi connectivity index (χ2v) is 12.2. The van der Waals surface area contributed by atoms with Crippen molar-refractivity contribution in [2.24, 2.45) is 17.8 Å². The lowest BCUT2D eigenvalue weighted by atomic mass is 9.66. The van der Waals surface area contributed by atoms with Gasteiger partial charge in [-0.3, -0.25) is 14.4 Å². The molecule has 1 spiro atoms. The second-order valence-electron chi connectivity index (χ2n) is 10.6. The summed E-state index contributed by atoms with van der Waals surface area (Å²) < 4.78 is 4.99. The molecule has 3 saturated heterocycles. The summed E-state index contributed by atoms with van der Waals surface area (Å²) in [6, 6.07) is 9.08. The minimum Gasteiger partial charge on any atom is -0.465 e. The highest BCUT2D eigenvalue weighted by atomic mass is 32.2. The number of aliphatic hydroxyl groups excluding tert-OH is 1. The topological polar surface area (TPSA) is 87.2 Å². The van der Waals surface area contributed by atoms with Crippen LogP contribution >= 0.6 is 11.8 Å². The van der Waals surface area contributed by atoms with E-state index in [1.165, 1.54) is 0 Å². The zero-order chi connectivity index (χ0) is 27.3. The van der Waals surface area contributed by atoms with E-state index < -0.39 is 22.6 Å². The summed E-state index contributed by atoms with van der Waals surface area (Å²) in [5.74, 6) is -1.68. The van der Waals surface area contributed by atoms with E-state index in [4.69, 9.17) is 4.74 Å². The molecule has 3 unspecified atom stereocenters. The fourth-order valence-corrected chi connectivity index (χ4v) is 8.98. The Labute approximate surface area is 230 Å². The summed E-state index contributed by atoms with van der Waals surface area (Å²) in [6.45, 7) is 11.0. The molecule has 4 rings (SSSR count). The maximum Gasteiger partial charge on any atom is 0.310 e. The van der Waals surface area contributed by atoms with Gasteiger partial charge in [-0.25, -0.2) is 0 Å². The number of likely N-dealkylation sites (tertiary alicyclic amines) is 1. The third-order valence-corrected chi connectivity index (χ3v) is 10.3. The molecule has 3 aliphatic heterocycles. The maximum absolute atomic E-state index is 14.4. The predicted octanol–water partition coefficient (Wildman–Crippen LogP) is 3.82. The number of hydrogen-bond acceptors (Lipinski definition) is 6. The van der Waals surface area contributed by atoms with Crippen LogP contribution in [0.15, 0.2) is 55.6 Å². The lowest BCUT2D eigenvalue weighted by molar-refractivity contribution is -0.154. The van der Waals surface area contributed by atoms with Gasteiger partial charge in [0, 0.05) is 31.5 Å². The van der Waals surface area contributed by atoms with Crippen LogP contribution in [0.3, 0.4) is 0 Å². The van der Waals surface area contributed by atoms with E-state index in [0.717, 1.165) is 31.2 Å². The Hall–Kier alpha value is -2.58. The molecule has 3 fully saturated rings. The van der Waals surface area contributed by atoms with Crippen LogP contribution in [0, 0.1) is 17.8 Å². The number of fused-ring (bicyclic) bond motifs is 1. The zero-order valence-corrected chi connectivity index (χ0v) is 23.1. The van der Waals surface area contributed by atoms with E-state index >= 15 is 0 Å². The van der Waals surface area contributed by atoms with Gasteiger partial charge in [0.05, 0.1) is 23.2 Å². The molecule has 3 aliphatic rings. The first kappa shape index (κ1) is 28.4. The van der Waals surface area contributed by atoms with Crippen molar-refractivity contribution in [2.75, 3.05) is 26.3 Å². The van der Waals surface area contributed by atoms with Gasteiger partial charge < -0.3 is 19.6 Å². The largest absolute Gasteiger partial charge is 0.465 e. The third kappa shape index (κ3) is 5.17. The Morgan fingerprint density at radius 3 is 2.66 bits per heavy atom. The van der Waals surface area contributed by atoms with Gasteiger partial charge in [-0.05, 0) is 43.6 Å². The van der Waals surface area contributed by atoms with Gasteiger partial charge in [-0.1, -0.05) is 49.4 Å². The zero-order valence-electron chi connectivity index (χ0n) is 22.3. The number of nitrogens with zero attached hydrogens (tertiary/aromatic N) is 2. The molecule has 6 atom stereocenters. The summed E-state index contributed by atoms with van der Waals surface area (Å²) in [5.41, 5.74) is 0.998. The first-order valence-corrected chi connectivity index (χ1v) is 14.6. The lowest BCUT2D eigenvalue weighted by Crippen LogP contribution is -2.57. The molecule has 1 N–H and O–H groups in total. The molecule has 38 heavy (non-hydrogen) atoms. The average molecular weight is 541 g/mol. The molecule has 1 aromatic rings. The van der Waals surface area contributed by atoms with Crippen molar-refractivity contribution in [3.8, 4) is 0 Å². The van der Waals surface area contributed by atoms with Crippen molar-refractivity contribution in [3.05, 3.63) is 61.2 Å². The average Bonchev–Trinajstić information content (AvgIpc) is 3.50. The number of carbonyl (C=O) groups is 3. The van der Waals surface area contributed by atoms with Gasteiger partial charge in [0.25, 0.3) is 0 Å². The highest BCUT2D eigenvalue weighted by Gasteiger charge is 2.76. The molecule has 2 amide bonds. The minimum absolute atomic E-state index is 0.0445. The van der Waals surface area contributed by atoms with Gasteiger partial charge in [0.15, 0.2) is 0 Å². The first-order valence-electron chi connectivity index (χ1n) is 13.7.